The van der Waals surface area contributed by atoms with Crippen LogP contribution in [0.25, 0.3) is 5.57 Å². The molecule has 2 heteroatoms. The van der Waals surface area contributed by atoms with Crippen molar-refractivity contribution in [2.24, 2.45) is 0 Å². The molecule has 1 atom stereocenters. The van der Waals surface area contributed by atoms with Crippen molar-refractivity contribution in [3.05, 3.63) is 41.5 Å². The highest BCUT2D eigenvalue weighted by atomic mass is 16.5. The Kier molecular flexibility index (Phi) is 3.62. The molecule has 17 heavy (non-hydrogen) atoms. The molecule has 90 valence electrons. The first kappa shape index (κ1) is 11.9. The highest BCUT2D eigenvalue weighted by Crippen LogP contribution is 2.29. The van der Waals surface area contributed by atoms with Crippen LogP contribution in [-0.2, 0) is 9.53 Å². The minimum Gasteiger partial charge on any atom is -0.454 e. The Morgan fingerprint density at radius 1 is 1.24 bits per heavy atom. The van der Waals surface area contributed by atoms with E-state index in [9.17, 15) is 4.79 Å². The first-order valence-corrected chi connectivity index (χ1v) is 6.20. The van der Waals surface area contributed by atoms with Crippen molar-refractivity contribution in [3.8, 4) is 0 Å². The van der Waals surface area contributed by atoms with Gasteiger partial charge in [-0.25, -0.2) is 4.79 Å². The average Bonchev–Trinajstić information content (AvgIpc) is 2.69. The Labute approximate surface area is 102 Å². The van der Waals surface area contributed by atoms with E-state index in [0.29, 0.717) is 0 Å². The molecule has 2 nitrogen and oxygen atoms in total. The lowest BCUT2D eigenvalue weighted by Gasteiger charge is -2.14. The van der Waals surface area contributed by atoms with Crippen molar-refractivity contribution in [1.29, 1.82) is 0 Å². The number of rotatable bonds is 4. The minimum atomic E-state index is -0.207. The van der Waals surface area contributed by atoms with Gasteiger partial charge in [-0.15, -0.1) is 0 Å². The summed E-state index contributed by atoms with van der Waals surface area (Å²) in [5.41, 5.74) is 3.36. The number of carbonyl (C=O) groups is 1. The first-order valence-electron chi connectivity index (χ1n) is 6.20. The largest absolute Gasteiger partial charge is 0.454 e. The van der Waals surface area contributed by atoms with Gasteiger partial charge < -0.3 is 4.74 Å². The number of carbonyl (C=O) groups excluding carboxylic acids is 1. The van der Waals surface area contributed by atoms with E-state index in [1.807, 2.05) is 0 Å². The molecule has 0 bridgehead atoms. The number of ether oxygens (including phenoxy) is 1. The number of aryl methyl sites for hydroxylation is 1. The molecule has 1 aromatic rings. The molecule has 0 N–H and O–H groups in total. The Bertz CT molecular complexity index is 429. The van der Waals surface area contributed by atoms with E-state index < -0.39 is 0 Å². The fraction of sp³-hybridized carbons (Fsp3) is 0.400. The van der Waals surface area contributed by atoms with Gasteiger partial charge in [-0.3, -0.25) is 0 Å². The summed E-state index contributed by atoms with van der Waals surface area (Å²) in [6, 6.07) is 8.25. The number of hydrogen-bond acceptors (Lipinski definition) is 2. The lowest BCUT2D eigenvalue weighted by atomic mass is 9.97. The van der Waals surface area contributed by atoms with Crippen molar-refractivity contribution >= 4 is 11.5 Å². The van der Waals surface area contributed by atoms with Gasteiger partial charge in [-0.2, -0.15) is 0 Å². The van der Waals surface area contributed by atoms with Crippen LogP contribution in [0.15, 0.2) is 30.3 Å². The van der Waals surface area contributed by atoms with Crippen LogP contribution >= 0.6 is 0 Å². The maximum atomic E-state index is 11.4. The molecule has 0 amide bonds. The predicted octanol–water partition coefficient (Wildman–Crippen LogP) is 3.49. The highest BCUT2D eigenvalue weighted by molar-refractivity contribution is 5.97. The number of hydrogen-bond donors (Lipinski definition) is 0. The summed E-state index contributed by atoms with van der Waals surface area (Å²) in [5, 5.41) is 0. The van der Waals surface area contributed by atoms with Crippen LogP contribution in [0.3, 0.4) is 0 Å². The van der Waals surface area contributed by atoms with Gasteiger partial charge in [0.2, 0.25) is 0 Å². The molecule has 1 heterocycles. The molecule has 0 aliphatic carbocycles. The molecule has 1 unspecified atom stereocenters. The van der Waals surface area contributed by atoms with E-state index in [-0.39, 0.29) is 12.1 Å². The van der Waals surface area contributed by atoms with Gasteiger partial charge in [0.15, 0.2) is 0 Å². The van der Waals surface area contributed by atoms with Crippen molar-refractivity contribution in [2.75, 3.05) is 0 Å². The lowest BCUT2D eigenvalue weighted by Crippen LogP contribution is -2.11. The standard InChI is InChI=1S/C15H18O2/c1-3-4-5-14-13(10-15(16)17-14)12-8-6-11(2)7-9-12/h6-10,14H,3-5H2,1-2H3. The number of benzene rings is 1. The maximum absolute atomic E-state index is 11.4. The molecule has 1 aliphatic rings. The van der Waals surface area contributed by atoms with Crippen LogP contribution in [-0.4, -0.2) is 12.1 Å². The van der Waals surface area contributed by atoms with Crippen LogP contribution in [0.2, 0.25) is 0 Å². The molecule has 0 spiro atoms. The Hall–Kier alpha value is -1.57. The van der Waals surface area contributed by atoms with Gasteiger partial charge in [0.25, 0.3) is 0 Å². The van der Waals surface area contributed by atoms with Crippen molar-refractivity contribution in [3.63, 3.8) is 0 Å². The van der Waals surface area contributed by atoms with Crippen molar-refractivity contribution in [1.82, 2.24) is 0 Å². The van der Waals surface area contributed by atoms with E-state index >= 15 is 0 Å². The van der Waals surface area contributed by atoms with Crippen LogP contribution in [0.1, 0.15) is 37.3 Å². The summed E-state index contributed by atoms with van der Waals surface area (Å²) >= 11 is 0. The fourth-order valence-corrected chi connectivity index (χ4v) is 2.08. The zero-order valence-electron chi connectivity index (χ0n) is 10.4. The zero-order chi connectivity index (χ0) is 12.3. The third-order valence-electron chi connectivity index (χ3n) is 3.08. The second-order valence-corrected chi connectivity index (χ2v) is 4.53. The Morgan fingerprint density at radius 2 is 1.94 bits per heavy atom. The number of unbranched alkanes of at least 4 members (excludes halogenated alkanes) is 1. The number of esters is 1. The SMILES string of the molecule is CCCCC1OC(=O)C=C1c1ccc(C)cc1. The molecule has 0 fully saturated rings. The van der Waals surface area contributed by atoms with Gasteiger partial charge in [0, 0.05) is 11.6 Å². The smallest absolute Gasteiger partial charge is 0.331 e. The molecule has 1 aromatic carbocycles. The quantitative estimate of drug-likeness (QED) is 0.740. The van der Waals surface area contributed by atoms with Crippen LogP contribution in [0.5, 0.6) is 0 Å². The van der Waals surface area contributed by atoms with Gasteiger partial charge in [0.05, 0.1) is 0 Å². The van der Waals surface area contributed by atoms with Gasteiger partial charge >= 0.3 is 5.97 Å². The normalized spacial score (nSPS) is 19.1. The van der Waals surface area contributed by atoms with E-state index in [2.05, 4.69) is 38.1 Å². The first-order chi connectivity index (χ1) is 8.20. The fourth-order valence-electron chi connectivity index (χ4n) is 2.08. The van der Waals surface area contributed by atoms with Crippen molar-refractivity contribution in [2.45, 2.75) is 39.2 Å². The molecule has 0 aromatic heterocycles. The van der Waals surface area contributed by atoms with Crippen molar-refractivity contribution < 1.29 is 9.53 Å². The second kappa shape index (κ2) is 5.17. The summed E-state index contributed by atoms with van der Waals surface area (Å²) in [6.07, 6.45) is 4.70. The molecule has 0 saturated heterocycles. The molecule has 0 radical (unpaired) electrons. The van der Waals surface area contributed by atoms with E-state index in [1.165, 1.54) is 5.56 Å². The topological polar surface area (TPSA) is 26.3 Å². The van der Waals surface area contributed by atoms with Gasteiger partial charge in [0.1, 0.15) is 6.10 Å². The third-order valence-corrected chi connectivity index (χ3v) is 3.08. The molecule has 0 saturated carbocycles. The van der Waals surface area contributed by atoms with Crippen LogP contribution < -0.4 is 0 Å². The third kappa shape index (κ3) is 2.76. The molecular formula is C15H18O2. The van der Waals surface area contributed by atoms with Gasteiger partial charge in [-0.1, -0.05) is 43.2 Å². The van der Waals surface area contributed by atoms with E-state index in [0.717, 1.165) is 30.4 Å². The zero-order valence-corrected chi connectivity index (χ0v) is 10.4. The predicted molar refractivity (Wildman–Crippen MR) is 68.6 cm³/mol. The number of cyclic esters (lactones) is 1. The van der Waals surface area contributed by atoms with E-state index in [4.69, 9.17) is 4.74 Å². The lowest BCUT2D eigenvalue weighted by molar-refractivity contribution is -0.138. The summed E-state index contributed by atoms with van der Waals surface area (Å²) in [7, 11) is 0. The van der Waals surface area contributed by atoms with Crippen LogP contribution in [0, 0.1) is 6.92 Å². The second-order valence-electron chi connectivity index (χ2n) is 4.53. The Balaban J connectivity index is 2.19. The average molecular weight is 230 g/mol. The van der Waals surface area contributed by atoms with E-state index in [1.54, 1.807) is 6.08 Å². The molecule has 2 rings (SSSR count). The summed E-state index contributed by atoms with van der Waals surface area (Å²) in [4.78, 5) is 11.4. The molecular weight excluding hydrogens is 212 g/mol. The summed E-state index contributed by atoms with van der Waals surface area (Å²) < 4.78 is 5.33. The molecule has 1 aliphatic heterocycles. The summed E-state index contributed by atoms with van der Waals surface area (Å²) in [5.74, 6) is -0.207. The summed E-state index contributed by atoms with van der Waals surface area (Å²) in [6.45, 7) is 4.20. The minimum absolute atomic E-state index is 0.0508. The van der Waals surface area contributed by atoms with Gasteiger partial charge in [-0.05, 0) is 25.3 Å². The monoisotopic (exact) mass is 230 g/mol. The maximum Gasteiger partial charge on any atom is 0.331 e. The highest BCUT2D eigenvalue weighted by Gasteiger charge is 2.26. The Morgan fingerprint density at radius 3 is 2.59 bits per heavy atom. The van der Waals surface area contributed by atoms with Crippen LogP contribution in [0.4, 0.5) is 0 Å².